The molecule has 0 bridgehead atoms. The Bertz CT molecular complexity index is 1150. The molecule has 2 aromatic carbocycles. The second-order valence-corrected chi connectivity index (χ2v) is 8.32. The Labute approximate surface area is 195 Å². The quantitative estimate of drug-likeness (QED) is 0.612. The van der Waals surface area contributed by atoms with Gasteiger partial charge in [0, 0.05) is 39.6 Å². The Kier molecular flexibility index (Phi) is 6.44. The van der Waals surface area contributed by atoms with Crippen LogP contribution >= 0.6 is 23.2 Å². The van der Waals surface area contributed by atoms with E-state index in [4.69, 9.17) is 43.1 Å². The molecule has 0 spiro atoms. The molecule has 32 heavy (non-hydrogen) atoms. The summed E-state index contributed by atoms with van der Waals surface area (Å²) in [7, 11) is 1.26. The fourth-order valence-corrected chi connectivity index (χ4v) is 4.48. The molecule has 0 aromatic heterocycles. The number of methoxy groups -OCH3 is 1. The number of para-hydroxylation sites is 1. The number of nitrogens with two attached hydrogens (primary N) is 1. The lowest BCUT2D eigenvalue weighted by Crippen LogP contribution is -2.31. The van der Waals surface area contributed by atoms with Crippen molar-refractivity contribution in [2.24, 2.45) is 5.73 Å². The molecule has 2 aliphatic rings. The maximum atomic E-state index is 12.9. The zero-order valence-electron chi connectivity index (χ0n) is 17.3. The largest absolute Gasteiger partial charge is 0.489 e. The number of carbonyl (C=O) groups excluding carboxylic acids is 2. The minimum atomic E-state index is -0.754. The van der Waals surface area contributed by atoms with Crippen LogP contribution in [-0.2, 0) is 25.7 Å². The number of esters is 1. The summed E-state index contributed by atoms with van der Waals surface area (Å²) in [6, 6.07) is 12.3. The summed E-state index contributed by atoms with van der Waals surface area (Å²) in [6.45, 7) is 0.169. The van der Waals surface area contributed by atoms with Gasteiger partial charge in [-0.3, -0.25) is 4.79 Å². The van der Waals surface area contributed by atoms with Crippen molar-refractivity contribution < 1.29 is 23.8 Å². The van der Waals surface area contributed by atoms with Crippen LogP contribution in [0.5, 0.6) is 5.75 Å². The third-order valence-corrected chi connectivity index (χ3v) is 6.11. The summed E-state index contributed by atoms with van der Waals surface area (Å²) in [5.74, 6) is -0.577. The third kappa shape index (κ3) is 4.20. The molecule has 6 nitrogen and oxygen atoms in total. The van der Waals surface area contributed by atoms with Gasteiger partial charge in [-0.05, 0) is 24.6 Å². The topological polar surface area (TPSA) is 87.9 Å². The molecule has 1 heterocycles. The standard InChI is InChI=1S/C24H21Cl2NO5/c1-30-24(29)22-20(21-17(28)6-4-8-19(21)32-23(22)27)15-5-2-3-7-18(15)31-12-13-9-10-14(25)11-16(13)26/h2-3,5,7,9-11,20H,4,6,8,12,27H2,1H3/t20-/m0/s1. The second kappa shape index (κ2) is 9.27. The number of halogens is 2. The first kappa shape index (κ1) is 22.2. The Hall–Kier alpha value is -2.96. The molecule has 166 valence electrons. The van der Waals surface area contributed by atoms with Gasteiger partial charge in [0.25, 0.3) is 0 Å². The van der Waals surface area contributed by atoms with Crippen LogP contribution in [0.25, 0.3) is 0 Å². The molecule has 0 saturated carbocycles. The maximum absolute atomic E-state index is 12.9. The number of hydrogen-bond acceptors (Lipinski definition) is 6. The van der Waals surface area contributed by atoms with Crippen LogP contribution in [-0.4, -0.2) is 18.9 Å². The van der Waals surface area contributed by atoms with Crippen molar-refractivity contribution in [3.05, 3.63) is 86.4 Å². The van der Waals surface area contributed by atoms with Crippen molar-refractivity contribution in [3.8, 4) is 5.75 Å². The minimum absolute atomic E-state index is 0.0640. The molecule has 0 fully saturated rings. The molecule has 1 atom stereocenters. The summed E-state index contributed by atoms with van der Waals surface area (Å²) in [5.41, 5.74) is 8.00. The van der Waals surface area contributed by atoms with Crippen LogP contribution in [0.1, 0.15) is 36.3 Å². The van der Waals surface area contributed by atoms with Gasteiger partial charge in [-0.2, -0.15) is 0 Å². The molecule has 2 aromatic rings. The Morgan fingerprint density at radius 3 is 2.72 bits per heavy atom. The normalized spacial score (nSPS) is 18.2. The molecule has 0 radical (unpaired) electrons. The van der Waals surface area contributed by atoms with Gasteiger partial charge in [0.15, 0.2) is 5.78 Å². The lowest BCUT2D eigenvalue weighted by molar-refractivity contribution is -0.136. The monoisotopic (exact) mass is 473 g/mol. The van der Waals surface area contributed by atoms with Crippen LogP contribution in [0.3, 0.4) is 0 Å². The van der Waals surface area contributed by atoms with Gasteiger partial charge in [-0.15, -0.1) is 0 Å². The highest BCUT2D eigenvalue weighted by molar-refractivity contribution is 6.35. The number of allylic oxidation sites excluding steroid dienone is 2. The first-order valence-electron chi connectivity index (χ1n) is 10.1. The van der Waals surface area contributed by atoms with Crippen molar-refractivity contribution in [2.75, 3.05) is 7.11 Å². The fourth-order valence-electron chi connectivity index (χ4n) is 4.02. The molecule has 0 amide bonds. The van der Waals surface area contributed by atoms with E-state index >= 15 is 0 Å². The van der Waals surface area contributed by atoms with E-state index in [1.54, 1.807) is 30.3 Å². The van der Waals surface area contributed by atoms with Gasteiger partial charge in [0.1, 0.15) is 23.7 Å². The molecule has 8 heteroatoms. The number of hydrogen-bond donors (Lipinski definition) is 1. The number of ether oxygens (including phenoxy) is 3. The van der Waals surface area contributed by atoms with E-state index < -0.39 is 11.9 Å². The smallest absolute Gasteiger partial charge is 0.340 e. The summed E-state index contributed by atoms with van der Waals surface area (Å²) in [6.07, 6.45) is 1.60. The molecule has 1 aliphatic heterocycles. The average molecular weight is 474 g/mol. The average Bonchev–Trinajstić information content (AvgIpc) is 2.77. The summed E-state index contributed by atoms with van der Waals surface area (Å²) in [4.78, 5) is 25.6. The first-order chi connectivity index (χ1) is 15.4. The Morgan fingerprint density at radius 1 is 1.19 bits per heavy atom. The molecule has 0 unspecified atom stereocenters. The lowest BCUT2D eigenvalue weighted by Gasteiger charge is -2.32. The van der Waals surface area contributed by atoms with E-state index in [0.717, 1.165) is 5.56 Å². The lowest BCUT2D eigenvalue weighted by atomic mass is 9.77. The fraction of sp³-hybridized carbons (Fsp3) is 0.250. The molecule has 4 rings (SSSR count). The van der Waals surface area contributed by atoms with Crippen molar-refractivity contribution >= 4 is 35.0 Å². The van der Waals surface area contributed by atoms with E-state index in [1.807, 2.05) is 12.1 Å². The number of rotatable bonds is 5. The number of Topliss-reactive ketones (excluding diaryl/α,β-unsaturated/α-hetero) is 1. The van der Waals surface area contributed by atoms with Crippen molar-refractivity contribution in [1.29, 1.82) is 0 Å². The van der Waals surface area contributed by atoms with E-state index in [2.05, 4.69) is 0 Å². The summed E-state index contributed by atoms with van der Waals surface area (Å²) < 4.78 is 16.7. The molecule has 1 aliphatic carbocycles. The predicted octanol–water partition coefficient (Wildman–Crippen LogP) is 5.04. The Balaban J connectivity index is 1.77. The van der Waals surface area contributed by atoms with Gasteiger partial charge in [0.05, 0.1) is 13.0 Å². The second-order valence-electron chi connectivity index (χ2n) is 7.48. The number of carbonyl (C=O) groups is 2. The van der Waals surface area contributed by atoms with Crippen LogP contribution in [0, 0.1) is 0 Å². The van der Waals surface area contributed by atoms with E-state index in [0.29, 0.717) is 52.0 Å². The minimum Gasteiger partial charge on any atom is -0.489 e. The Morgan fingerprint density at radius 2 is 1.97 bits per heavy atom. The predicted molar refractivity (Wildman–Crippen MR) is 120 cm³/mol. The van der Waals surface area contributed by atoms with E-state index in [-0.39, 0.29) is 23.8 Å². The zero-order valence-corrected chi connectivity index (χ0v) is 18.8. The van der Waals surface area contributed by atoms with Gasteiger partial charge >= 0.3 is 5.97 Å². The molecule has 2 N–H and O–H groups in total. The molecule has 0 saturated heterocycles. The van der Waals surface area contributed by atoms with Crippen LogP contribution in [0.15, 0.2) is 65.3 Å². The number of benzene rings is 2. The van der Waals surface area contributed by atoms with Crippen molar-refractivity contribution in [1.82, 2.24) is 0 Å². The molecular formula is C24H21Cl2NO5. The highest BCUT2D eigenvalue weighted by Crippen LogP contribution is 2.46. The van der Waals surface area contributed by atoms with Crippen LogP contribution < -0.4 is 10.5 Å². The van der Waals surface area contributed by atoms with Crippen molar-refractivity contribution in [2.45, 2.75) is 31.8 Å². The van der Waals surface area contributed by atoms with E-state index in [9.17, 15) is 9.59 Å². The first-order valence-corrected chi connectivity index (χ1v) is 10.8. The highest BCUT2D eigenvalue weighted by atomic mass is 35.5. The van der Waals surface area contributed by atoms with Gasteiger partial charge in [0.2, 0.25) is 5.88 Å². The third-order valence-electron chi connectivity index (χ3n) is 5.52. The zero-order chi connectivity index (χ0) is 22.8. The number of ketones is 1. The highest BCUT2D eigenvalue weighted by Gasteiger charge is 2.42. The van der Waals surface area contributed by atoms with E-state index in [1.165, 1.54) is 7.11 Å². The van der Waals surface area contributed by atoms with Crippen LogP contribution in [0.4, 0.5) is 0 Å². The van der Waals surface area contributed by atoms with Gasteiger partial charge < -0.3 is 19.9 Å². The van der Waals surface area contributed by atoms with Gasteiger partial charge in [-0.25, -0.2) is 4.79 Å². The molecular weight excluding hydrogens is 453 g/mol. The van der Waals surface area contributed by atoms with Gasteiger partial charge in [-0.1, -0.05) is 47.5 Å². The van der Waals surface area contributed by atoms with Crippen LogP contribution in [0.2, 0.25) is 10.0 Å². The van der Waals surface area contributed by atoms with Crippen molar-refractivity contribution in [3.63, 3.8) is 0 Å². The maximum Gasteiger partial charge on any atom is 0.340 e. The summed E-state index contributed by atoms with van der Waals surface area (Å²) in [5, 5.41) is 1.01. The SMILES string of the molecule is COC(=O)C1=C(N)OC2=C(C(=O)CCC2)[C@@H]1c1ccccc1OCc1ccc(Cl)cc1Cl. The summed E-state index contributed by atoms with van der Waals surface area (Å²) >= 11 is 12.3.